The zero-order valence-corrected chi connectivity index (χ0v) is 15.4. The summed E-state index contributed by atoms with van der Waals surface area (Å²) in [6, 6.07) is 8.04. The van der Waals surface area contributed by atoms with Crippen LogP contribution in [0.5, 0.6) is 0 Å². The third kappa shape index (κ3) is 4.62. The van der Waals surface area contributed by atoms with Gasteiger partial charge in [0.25, 0.3) is 5.91 Å². The van der Waals surface area contributed by atoms with E-state index in [9.17, 15) is 9.90 Å². The molecule has 7 heteroatoms. The first-order chi connectivity index (χ1) is 12.0. The molecule has 0 radical (unpaired) electrons. The zero-order chi connectivity index (χ0) is 17.9. The molecule has 1 fully saturated rings. The van der Waals surface area contributed by atoms with Gasteiger partial charge in [0.1, 0.15) is 5.01 Å². The molecule has 1 saturated carbocycles. The van der Waals surface area contributed by atoms with Crippen molar-refractivity contribution >= 4 is 17.2 Å². The second-order valence-corrected chi connectivity index (χ2v) is 7.93. The number of hydrogen-bond donors (Lipinski definition) is 3. The van der Waals surface area contributed by atoms with Gasteiger partial charge < -0.3 is 15.7 Å². The Balaban J connectivity index is 1.51. The quantitative estimate of drug-likeness (QED) is 0.670. The molecule has 25 heavy (non-hydrogen) atoms. The Kier molecular flexibility index (Phi) is 5.46. The summed E-state index contributed by atoms with van der Waals surface area (Å²) in [5.74, 6) is 0.305. The van der Waals surface area contributed by atoms with Gasteiger partial charge in [0.05, 0.1) is 13.2 Å². The average Bonchev–Trinajstić information content (AvgIpc) is 3.38. The Morgan fingerprint density at radius 1 is 1.28 bits per heavy atom. The SMILES string of the molecule is Cc1ccc(CNC(=O)c2nnc(CN[C@](C)(CO)C3CC3)s2)cc1. The Morgan fingerprint density at radius 3 is 2.64 bits per heavy atom. The van der Waals surface area contributed by atoms with Crippen molar-refractivity contribution in [1.82, 2.24) is 20.8 Å². The van der Waals surface area contributed by atoms with Crippen molar-refractivity contribution in [2.45, 2.75) is 45.3 Å². The Morgan fingerprint density at radius 2 is 2.00 bits per heavy atom. The van der Waals surface area contributed by atoms with Crippen LogP contribution in [0.3, 0.4) is 0 Å². The van der Waals surface area contributed by atoms with E-state index in [1.54, 1.807) is 0 Å². The molecule has 0 unspecified atom stereocenters. The number of nitrogens with zero attached hydrogens (tertiary/aromatic N) is 2. The van der Waals surface area contributed by atoms with E-state index in [2.05, 4.69) is 20.8 Å². The molecule has 3 rings (SSSR count). The third-order valence-electron chi connectivity index (χ3n) is 4.69. The van der Waals surface area contributed by atoms with Gasteiger partial charge in [-0.05, 0) is 38.2 Å². The van der Waals surface area contributed by atoms with Crippen LogP contribution < -0.4 is 10.6 Å². The summed E-state index contributed by atoms with van der Waals surface area (Å²) in [7, 11) is 0. The Labute approximate surface area is 151 Å². The molecule has 1 aliphatic carbocycles. The first-order valence-corrected chi connectivity index (χ1v) is 9.34. The van der Waals surface area contributed by atoms with E-state index in [1.807, 2.05) is 38.1 Å². The molecule has 134 valence electrons. The van der Waals surface area contributed by atoms with Crippen LogP contribution in [0.25, 0.3) is 0 Å². The fourth-order valence-electron chi connectivity index (χ4n) is 2.71. The Hall–Kier alpha value is -1.83. The number of aryl methyl sites for hydroxylation is 1. The molecular formula is C18H24N4O2S. The third-order valence-corrected chi connectivity index (χ3v) is 5.61. The van der Waals surface area contributed by atoms with Crippen LogP contribution in [-0.4, -0.2) is 33.4 Å². The van der Waals surface area contributed by atoms with Crippen LogP contribution in [0.15, 0.2) is 24.3 Å². The summed E-state index contributed by atoms with van der Waals surface area (Å²) in [6.07, 6.45) is 2.29. The lowest BCUT2D eigenvalue weighted by Crippen LogP contribution is -2.47. The number of aliphatic hydroxyl groups excluding tert-OH is 1. The number of nitrogens with one attached hydrogen (secondary N) is 2. The van der Waals surface area contributed by atoms with E-state index in [-0.39, 0.29) is 18.1 Å². The summed E-state index contributed by atoms with van der Waals surface area (Å²) in [4.78, 5) is 12.2. The van der Waals surface area contributed by atoms with E-state index in [1.165, 1.54) is 16.9 Å². The van der Waals surface area contributed by atoms with Crippen LogP contribution in [0.4, 0.5) is 0 Å². The number of rotatable bonds is 8. The van der Waals surface area contributed by atoms with Crippen molar-refractivity contribution in [2.24, 2.45) is 5.92 Å². The molecule has 3 N–H and O–H groups in total. The molecule has 2 aromatic rings. The predicted molar refractivity (Wildman–Crippen MR) is 97.3 cm³/mol. The molecule has 1 atom stereocenters. The van der Waals surface area contributed by atoms with Crippen LogP contribution in [0.1, 0.15) is 45.7 Å². The lowest BCUT2D eigenvalue weighted by molar-refractivity contribution is 0.0950. The van der Waals surface area contributed by atoms with Gasteiger partial charge in [-0.3, -0.25) is 4.79 Å². The molecule has 0 aliphatic heterocycles. The summed E-state index contributed by atoms with van der Waals surface area (Å²) in [5.41, 5.74) is 1.96. The summed E-state index contributed by atoms with van der Waals surface area (Å²) < 4.78 is 0. The largest absolute Gasteiger partial charge is 0.394 e. The fraction of sp³-hybridized carbons (Fsp3) is 0.500. The van der Waals surface area contributed by atoms with Gasteiger partial charge in [0.2, 0.25) is 5.01 Å². The molecular weight excluding hydrogens is 336 g/mol. The minimum Gasteiger partial charge on any atom is -0.394 e. The number of benzene rings is 1. The van der Waals surface area contributed by atoms with Crippen molar-refractivity contribution < 1.29 is 9.90 Å². The molecule has 6 nitrogen and oxygen atoms in total. The van der Waals surface area contributed by atoms with Crippen molar-refractivity contribution in [1.29, 1.82) is 0 Å². The lowest BCUT2D eigenvalue weighted by Gasteiger charge is -2.28. The predicted octanol–water partition coefficient (Wildman–Crippen LogP) is 2.03. The van der Waals surface area contributed by atoms with Crippen molar-refractivity contribution in [3.05, 3.63) is 45.4 Å². The monoisotopic (exact) mass is 360 g/mol. The molecule has 1 aromatic carbocycles. The van der Waals surface area contributed by atoms with Crippen molar-refractivity contribution in [3.63, 3.8) is 0 Å². The highest BCUT2D eigenvalue weighted by Crippen LogP contribution is 2.39. The molecule has 0 saturated heterocycles. The number of aliphatic hydroxyl groups is 1. The van der Waals surface area contributed by atoms with Gasteiger partial charge in [0, 0.05) is 12.1 Å². The van der Waals surface area contributed by atoms with E-state index < -0.39 is 0 Å². The topological polar surface area (TPSA) is 87.1 Å². The second kappa shape index (κ2) is 7.59. The molecule has 0 spiro atoms. The van der Waals surface area contributed by atoms with E-state index in [0.29, 0.717) is 24.0 Å². The fourth-order valence-corrected chi connectivity index (χ4v) is 3.40. The van der Waals surface area contributed by atoms with Crippen molar-refractivity contribution in [3.8, 4) is 0 Å². The highest BCUT2D eigenvalue weighted by Gasteiger charge is 2.40. The maximum absolute atomic E-state index is 12.2. The maximum atomic E-state index is 12.2. The van der Waals surface area contributed by atoms with Gasteiger partial charge in [-0.2, -0.15) is 0 Å². The van der Waals surface area contributed by atoms with E-state index in [4.69, 9.17) is 0 Å². The first kappa shape index (κ1) is 18.0. The molecule has 1 heterocycles. The van der Waals surface area contributed by atoms with Crippen LogP contribution in [0.2, 0.25) is 0 Å². The molecule has 0 bridgehead atoms. The van der Waals surface area contributed by atoms with Crippen LogP contribution in [0, 0.1) is 12.8 Å². The highest BCUT2D eigenvalue weighted by atomic mass is 32.1. The average molecular weight is 360 g/mol. The van der Waals surface area contributed by atoms with Gasteiger partial charge in [-0.15, -0.1) is 10.2 Å². The smallest absolute Gasteiger partial charge is 0.282 e. The zero-order valence-electron chi connectivity index (χ0n) is 14.6. The maximum Gasteiger partial charge on any atom is 0.282 e. The molecule has 1 aliphatic rings. The van der Waals surface area contributed by atoms with Crippen LogP contribution >= 0.6 is 11.3 Å². The standard InChI is InChI=1S/C18H24N4O2S/c1-12-3-5-13(6-4-12)9-19-16(24)17-22-21-15(25-17)10-20-18(2,11-23)14-7-8-14/h3-6,14,20,23H,7-11H2,1-2H3,(H,19,24)/t18-/m1/s1. The number of amides is 1. The van der Waals surface area contributed by atoms with E-state index >= 15 is 0 Å². The summed E-state index contributed by atoms with van der Waals surface area (Å²) >= 11 is 1.28. The minimum absolute atomic E-state index is 0.0976. The second-order valence-electron chi connectivity index (χ2n) is 6.87. The lowest BCUT2D eigenvalue weighted by atomic mass is 9.97. The molecule has 1 amide bonds. The molecule has 1 aromatic heterocycles. The van der Waals surface area contributed by atoms with Crippen LogP contribution in [-0.2, 0) is 13.1 Å². The van der Waals surface area contributed by atoms with Gasteiger partial charge in [0.15, 0.2) is 0 Å². The highest BCUT2D eigenvalue weighted by molar-refractivity contribution is 7.13. The number of hydrogen-bond acceptors (Lipinski definition) is 6. The van der Waals surface area contributed by atoms with Gasteiger partial charge in [-0.1, -0.05) is 41.2 Å². The van der Waals surface area contributed by atoms with Crippen molar-refractivity contribution in [2.75, 3.05) is 6.61 Å². The van der Waals surface area contributed by atoms with Gasteiger partial charge >= 0.3 is 0 Å². The summed E-state index contributed by atoms with van der Waals surface area (Å²) in [5, 5.41) is 25.0. The number of carbonyl (C=O) groups excluding carboxylic acids is 1. The minimum atomic E-state index is -0.278. The van der Waals surface area contributed by atoms with E-state index in [0.717, 1.165) is 23.4 Å². The summed E-state index contributed by atoms with van der Waals surface area (Å²) in [6.45, 7) is 5.14. The normalized spacial score (nSPS) is 16.4. The van der Waals surface area contributed by atoms with Gasteiger partial charge in [-0.25, -0.2) is 0 Å². The first-order valence-electron chi connectivity index (χ1n) is 8.52. The number of carbonyl (C=O) groups is 1. The number of aromatic nitrogens is 2. The Bertz CT molecular complexity index is 727.